The minimum atomic E-state index is -0.353. The van der Waals surface area contributed by atoms with Crippen LogP contribution in [0.15, 0.2) is 30.3 Å². The topological polar surface area (TPSA) is 70.1 Å². The Labute approximate surface area is 130 Å². The lowest BCUT2D eigenvalue weighted by atomic mass is 9.85. The van der Waals surface area contributed by atoms with Gasteiger partial charge in [-0.15, -0.1) is 0 Å². The van der Waals surface area contributed by atoms with Crippen molar-refractivity contribution in [3.63, 3.8) is 0 Å². The maximum absolute atomic E-state index is 12.3. The van der Waals surface area contributed by atoms with E-state index in [1.165, 1.54) is 0 Å². The highest BCUT2D eigenvalue weighted by atomic mass is 16.5. The number of hydrogen-bond acceptors (Lipinski definition) is 4. The second kappa shape index (κ2) is 6.32. The predicted molar refractivity (Wildman–Crippen MR) is 84.3 cm³/mol. The second-order valence-corrected chi connectivity index (χ2v) is 5.50. The van der Waals surface area contributed by atoms with Crippen molar-refractivity contribution in [1.29, 1.82) is 0 Å². The van der Waals surface area contributed by atoms with Gasteiger partial charge in [-0.1, -0.05) is 18.2 Å². The highest BCUT2D eigenvalue weighted by Crippen LogP contribution is 2.35. The van der Waals surface area contributed by atoms with Crippen molar-refractivity contribution in [3.05, 3.63) is 47.3 Å². The van der Waals surface area contributed by atoms with E-state index in [1.54, 1.807) is 6.92 Å². The summed E-state index contributed by atoms with van der Waals surface area (Å²) in [4.78, 5) is 12.3. The summed E-state index contributed by atoms with van der Waals surface area (Å²) in [5, 5.41) is 4.57. The molecule has 5 heteroatoms. The molecule has 1 atom stereocenters. The van der Waals surface area contributed by atoms with Crippen molar-refractivity contribution >= 4 is 5.97 Å². The average Bonchev–Trinajstić information content (AvgIpc) is 2.95. The molecule has 1 heterocycles. The Morgan fingerprint density at radius 1 is 1.41 bits per heavy atom. The second-order valence-electron chi connectivity index (χ2n) is 5.50. The van der Waals surface area contributed by atoms with Crippen LogP contribution in [0.3, 0.4) is 0 Å². The Hall–Kier alpha value is -2.14. The zero-order valence-electron chi connectivity index (χ0n) is 12.8. The molecule has 1 aromatic heterocycles. The van der Waals surface area contributed by atoms with Gasteiger partial charge < -0.3 is 10.5 Å². The van der Waals surface area contributed by atoms with E-state index in [0.717, 1.165) is 36.2 Å². The minimum Gasteiger partial charge on any atom is -0.461 e. The van der Waals surface area contributed by atoms with Crippen LogP contribution >= 0.6 is 0 Å². The molecule has 116 valence electrons. The molecule has 0 amide bonds. The Balaban J connectivity index is 2.15. The molecule has 1 aliphatic rings. The van der Waals surface area contributed by atoms with E-state index in [9.17, 15) is 4.79 Å². The molecule has 1 aliphatic carbocycles. The highest BCUT2D eigenvalue weighted by Gasteiger charge is 2.31. The first-order chi connectivity index (χ1) is 10.8. The van der Waals surface area contributed by atoms with E-state index >= 15 is 0 Å². The van der Waals surface area contributed by atoms with Crippen LogP contribution in [0.2, 0.25) is 0 Å². The van der Waals surface area contributed by atoms with E-state index in [2.05, 4.69) is 5.10 Å². The van der Waals surface area contributed by atoms with Crippen LogP contribution in [-0.2, 0) is 11.2 Å². The summed E-state index contributed by atoms with van der Waals surface area (Å²) in [6, 6.07) is 9.89. The number of esters is 1. The van der Waals surface area contributed by atoms with E-state index < -0.39 is 0 Å². The van der Waals surface area contributed by atoms with Crippen molar-refractivity contribution in [1.82, 2.24) is 9.78 Å². The monoisotopic (exact) mass is 299 g/mol. The van der Waals surface area contributed by atoms with Gasteiger partial charge in [0.2, 0.25) is 0 Å². The molecular weight excluding hydrogens is 278 g/mol. The molecule has 0 radical (unpaired) electrons. The molecule has 0 bridgehead atoms. The number of carbonyl (C=O) groups excluding carboxylic acids is 1. The standard InChI is InChI=1S/C17H21N3O2/c1-2-22-17(21)16-15-12(11-18)7-6-10-14(15)20(19-16)13-8-4-3-5-9-13/h3-5,8-9,12H,2,6-7,10-11,18H2,1H3. The van der Waals surface area contributed by atoms with Crippen molar-refractivity contribution in [2.45, 2.75) is 32.1 Å². The van der Waals surface area contributed by atoms with E-state index in [1.807, 2.05) is 35.0 Å². The quantitative estimate of drug-likeness (QED) is 0.880. The van der Waals surface area contributed by atoms with E-state index in [-0.39, 0.29) is 11.9 Å². The number of para-hydroxylation sites is 1. The maximum Gasteiger partial charge on any atom is 0.359 e. The number of benzene rings is 1. The third kappa shape index (κ3) is 2.52. The number of rotatable bonds is 4. The summed E-state index contributed by atoms with van der Waals surface area (Å²) in [6.07, 6.45) is 2.97. The Bertz CT molecular complexity index is 664. The van der Waals surface area contributed by atoms with Gasteiger partial charge in [0.1, 0.15) is 0 Å². The van der Waals surface area contributed by atoms with Gasteiger partial charge in [0.05, 0.1) is 12.3 Å². The van der Waals surface area contributed by atoms with Gasteiger partial charge in [-0.25, -0.2) is 9.48 Å². The number of fused-ring (bicyclic) bond motifs is 1. The number of aromatic nitrogens is 2. The van der Waals surface area contributed by atoms with Crippen molar-refractivity contribution in [2.75, 3.05) is 13.2 Å². The van der Waals surface area contributed by atoms with Crippen LogP contribution in [0, 0.1) is 0 Å². The number of hydrogen-bond donors (Lipinski definition) is 1. The van der Waals surface area contributed by atoms with Crippen molar-refractivity contribution in [3.8, 4) is 5.69 Å². The SMILES string of the molecule is CCOC(=O)c1nn(-c2ccccc2)c2c1C(CN)CCC2. The van der Waals surface area contributed by atoms with Crippen molar-refractivity contribution in [2.24, 2.45) is 5.73 Å². The summed E-state index contributed by atoms with van der Waals surface area (Å²) in [7, 11) is 0. The van der Waals surface area contributed by atoms with Gasteiger partial charge in [0.25, 0.3) is 0 Å². The minimum absolute atomic E-state index is 0.181. The average molecular weight is 299 g/mol. The van der Waals surface area contributed by atoms with Crippen LogP contribution in [0.1, 0.15) is 47.4 Å². The smallest absolute Gasteiger partial charge is 0.359 e. The number of nitrogens with two attached hydrogens (primary N) is 1. The molecule has 5 nitrogen and oxygen atoms in total. The lowest BCUT2D eigenvalue weighted by Crippen LogP contribution is -2.21. The highest BCUT2D eigenvalue weighted by molar-refractivity contribution is 5.89. The third-order valence-corrected chi connectivity index (χ3v) is 4.15. The van der Waals surface area contributed by atoms with Gasteiger partial charge in [0, 0.05) is 17.2 Å². The molecule has 0 spiro atoms. The van der Waals surface area contributed by atoms with Gasteiger partial charge >= 0.3 is 5.97 Å². The molecule has 1 unspecified atom stereocenters. The van der Waals surface area contributed by atoms with Crippen LogP contribution in [0.4, 0.5) is 0 Å². The molecule has 1 aromatic carbocycles. The summed E-state index contributed by atoms with van der Waals surface area (Å²) >= 11 is 0. The summed E-state index contributed by atoms with van der Waals surface area (Å²) in [5.74, 6) is -0.172. The zero-order valence-corrected chi connectivity index (χ0v) is 12.8. The summed E-state index contributed by atoms with van der Waals surface area (Å²) in [5.41, 5.74) is 9.39. The molecule has 3 rings (SSSR count). The first-order valence-electron chi connectivity index (χ1n) is 7.80. The molecule has 0 aliphatic heterocycles. The van der Waals surface area contributed by atoms with Gasteiger partial charge in [-0.3, -0.25) is 0 Å². The van der Waals surface area contributed by atoms with Crippen LogP contribution < -0.4 is 5.73 Å². The normalized spacial score (nSPS) is 17.1. The first kappa shape index (κ1) is 14.8. The Morgan fingerprint density at radius 3 is 2.86 bits per heavy atom. The number of ether oxygens (including phenoxy) is 1. The molecule has 0 saturated heterocycles. The van der Waals surface area contributed by atoms with Crippen LogP contribution in [0.25, 0.3) is 5.69 Å². The molecule has 0 fully saturated rings. The zero-order chi connectivity index (χ0) is 15.5. The molecule has 2 aromatic rings. The van der Waals surface area contributed by atoms with Gasteiger partial charge in [-0.2, -0.15) is 5.10 Å². The van der Waals surface area contributed by atoms with E-state index in [4.69, 9.17) is 10.5 Å². The Kier molecular flexibility index (Phi) is 4.24. The lowest BCUT2D eigenvalue weighted by Gasteiger charge is -2.22. The van der Waals surface area contributed by atoms with Crippen LogP contribution in [-0.4, -0.2) is 28.9 Å². The first-order valence-corrected chi connectivity index (χ1v) is 7.80. The fourth-order valence-electron chi connectivity index (χ4n) is 3.16. The summed E-state index contributed by atoms with van der Waals surface area (Å²) < 4.78 is 7.06. The number of carbonyl (C=O) groups is 1. The largest absolute Gasteiger partial charge is 0.461 e. The molecular formula is C17H21N3O2. The van der Waals surface area contributed by atoms with E-state index in [0.29, 0.717) is 18.8 Å². The van der Waals surface area contributed by atoms with Gasteiger partial charge in [-0.05, 0) is 44.9 Å². The molecule has 0 saturated carbocycles. The fraction of sp³-hybridized carbons (Fsp3) is 0.412. The lowest BCUT2D eigenvalue weighted by molar-refractivity contribution is 0.0517. The predicted octanol–water partition coefficient (Wildman–Crippen LogP) is 2.43. The summed E-state index contributed by atoms with van der Waals surface area (Å²) in [6.45, 7) is 2.68. The van der Waals surface area contributed by atoms with Gasteiger partial charge in [0.15, 0.2) is 5.69 Å². The van der Waals surface area contributed by atoms with Crippen LogP contribution in [0.5, 0.6) is 0 Å². The Morgan fingerprint density at radius 2 is 2.18 bits per heavy atom. The molecule has 22 heavy (non-hydrogen) atoms. The van der Waals surface area contributed by atoms with Crippen molar-refractivity contribution < 1.29 is 9.53 Å². The third-order valence-electron chi connectivity index (χ3n) is 4.15. The fourth-order valence-corrected chi connectivity index (χ4v) is 3.16. The molecule has 2 N–H and O–H groups in total. The maximum atomic E-state index is 12.3. The number of nitrogens with zero attached hydrogens (tertiary/aromatic N) is 2.